The zero-order valence-corrected chi connectivity index (χ0v) is 8.09. The van der Waals surface area contributed by atoms with Crippen LogP contribution in [0.2, 0.25) is 0 Å². The molecule has 1 aromatic carbocycles. The summed E-state index contributed by atoms with van der Waals surface area (Å²) in [6.07, 6.45) is -3.01. The Balaban J connectivity index is 3.45. The average molecular weight is 270 g/mol. The highest BCUT2D eigenvalue weighted by Crippen LogP contribution is 2.36. The Labute approximate surface area is 84.8 Å². The lowest BCUT2D eigenvalue weighted by Crippen LogP contribution is -1.98. The first-order valence-electron chi connectivity index (χ1n) is 3.35. The molecule has 0 aliphatic carbocycles. The summed E-state index contributed by atoms with van der Waals surface area (Å²) in [5, 5.41) is 10.4. The number of halogens is 4. The molecule has 0 aromatic heterocycles. The molecule has 1 rings (SSSR count). The number of hydrogen-bond donors (Lipinski definition) is 0. The molecule has 0 fully saturated rings. The molecule has 1 aromatic rings. The van der Waals surface area contributed by atoms with Crippen molar-refractivity contribution >= 4 is 21.6 Å². The van der Waals surface area contributed by atoms with E-state index in [1.165, 1.54) is 0 Å². The first-order chi connectivity index (χ1) is 6.45. The standard InChI is InChI=1S/C7H3BrF3NO2/c8-5-4(9)2-1-3(7(10)11)6(5)12(13)14/h1-2,7H. The first-order valence-corrected chi connectivity index (χ1v) is 4.15. The summed E-state index contributed by atoms with van der Waals surface area (Å²) >= 11 is 2.55. The van der Waals surface area contributed by atoms with Gasteiger partial charge in [0.05, 0.1) is 10.5 Å². The van der Waals surface area contributed by atoms with E-state index in [1.54, 1.807) is 0 Å². The van der Waals surface area contributed by atoms with E-state index in [0.717, 1.165) is 6.07 Å². The summed E-state index contributed by atoms with van der Waals surface area (Å²) in [6.45, 7) is 0. The number of nitro benzene ring substituents is 1. The summed E-state index contributed by atoms with van der Waals surface area (Å²) in [5.41, 5.74) is -1.73. The molecule has 0 aliphatic heterocycles. The minimum absolute atomic E-state index is 0.555. The normalized spacial score (nSPS) is 10.6. The highest BCUT2D eigenvalue weighted by Gasteiger charge is 2.26. The highest BCUT2D eigenvalue weighted by molar-refractivity contribution is 9.10. The Morgan fingerprint density at radius 3 is 2.43 bits per heavy atom. The van der Waals surface area contributed by atoms with Crippen LogP contribution in [0.4, 0.5) is 18.9 Å². The fourth-order valence-electron chi connectivity index (χ4n) is 0.917. The molecule has 76 valence electrons. The van der Waals surface area contributed by atoms with Crippen molar-refractivity contribution in [3.05, 3.63) is 38.1 Å². The van der Waals surface area contributed by atoms with Crippen molar-refractivity contribution in [2.45, 2.75) is 6.43 Å². The second kappa shape index (κ2) is 3.95. The van der Waals surface area contributed by atoms with Crippen molar-refractivity contribution in [3.63, 3.8) is 0 Å². The Bertz CT molecular complexity index is 383. The molecule has 0 saturated carbocycles. The van der Waals surface area contributed by atoms with Crippen LogP contribution in [0.5, 0.6) is 0 Å². The fraction of sp³-hybridized carbons (Fsp3) is 0.143. The van der Waals surface area contributed by atoms with Crippen molar-refractivity contribution < 1.29 is 18.1 Å². The van der Waals surface area contributed by atoms with Crippen molar-refractivity contribution in [1.29, 1.82) is 0 Å². The Hall–Kier alpha value is -1.11. The monoisotopic (exact) mass is 269 g/mol. The van der Waals surface area contributed by atoms with Crippen LogP contribution in [0.3, 0.4) is 0 Å². The second-order valence-corrected chi connectivity index (χ2v) is 3.15. The molecule has 0 heterocycles. The molecule has 0 amide bonds. The lowest BCUT2D eigenvalue weighted by Gasteiger charge is -2.03. The van der Waals surface area contributed by atoms with Crippen LogP contribution < -0.4 is 0 Å². The SMILES string of the molecule is O=[N+]([O-])c1c(C(F)F)ccc(F)c1Br. The van der Waals surface area contributed by atoms with Crippen LogP contribution in [-0.4, -0.2) is 4.92 Å². The van der Waals surface area contributed by atoms with Gasteiger partial charge >= 0.3 is 0 Å². The lowest BCUT2D eigenvalue weighted by molar-refractivity contribution is -0.387. The number of nitrogens with zero attached hydrogens (tertiary/aromatic N) is 1. The van der Waals surface area contributed by atoms with Gasteiger partial charge in [-0.2, -0.15) is 0 Å². The molecule has 0 bridgehead atoms. The molecule has 0 unspecified atom stereocenters. The summed E-state index contributed by atoms with van der Waals surface area (Å²) in [4.78, 5) is 9.33. The van der Waals surface area contributed by atoms with Gasteiger partial charge in [-0.15, -0.1) is 0 Å². The number of benzene rings is 1. The lowest BCUT2D eigenvalue weighted by atomic mass is 10.2. The van der Waals surface area contributed by atoms with Crippen LogP contribution in [0.1, 0.15) is 12.0 Å². The van der Waals surface area contributed by atoms with Gasteiger partial charge in [0.25, 0.3) is 12.1 Å². The van der Waals surface area contributed by atoms with E-state index < -0.39 is 32.9 Å². The van der Waals surface area contributed by atoms with Gasteiger partial charge in [-0.25, -0.2) is 13.2 Å². The topological polar surface area (TPSA) is 43.1 Å². The molecule has 3 nitrogen and oxygen atoms in total. The number of nitro groups is 1. The highest BCUT2D eigenvalue weighted by atomic mass is 79.9. The first kappa shape index (κ1) is 11.0. The van der Waals surface area contributed by atoms with Gasteiger partial charge < -0.3 is 0 Å². The molecular weight excluding hydrogens is 267 g/mol. The van der Waals surface area contributed by atoms with E-state index in [-0.39, 0.29) is 0 Å². The van der Waals surface area contributed by atoms with E-state index in [9.17, 15) is 23.3 Å². The van der Waals surface area contributed by atoms with Crippen molar-refractivity contribution in [2.75, 3.05) is 0 Å². The summed E-state index contributed by atoms with van der Waals surface area (Å²) in [6, 6.07) is 1.45. The predicted molar refractivity (Wildman–Crippen MR) is 45.7 cm³/mol. The maximum Gasteiger partial charge on any atom is 0.295 e. The molecule has 0 N–H and O–H groups in total. The summed E-state index contributed by atoms with van der Waals surface area (Å²) < 4.78 is 36.7. The van der Waals surface area contributed by atoms with Gasteiger partial charge in [-0.3, -0.25) is 10.1 Å². The van der Waals surface area contributed by atoms with Crippen molar-refractivity contribution in [3.8, 4) is 0 Å². The average Bonchev–Trinajstić information content (AvgIpc) is 2.08. The third-order valence-electron chi connectivity index (χ3n) is 1.52. The molecule has 0 atom stereocenters. The van der Waals surface area contributed by atoms with Gasteiger partial charge in [0.1, 0.15) is 10.3 Å². The van der Waals surface area contributed by atoms with E-state index >= 15 is 0 Å². The summed E-state index contributed by atoms with van der Waals surface area (Å²) in [5.74, 6) is -0.943. The Morgan fingerprint density at radius 1 is 1.43 bits per heavy atom. The molecule has 0 spiro atoms. The largest absolute Gasteiger partial charge is 0.295 e. The summed E-state index contributed by atoms with van der Waals surface area (Å²) in [7, 11) is 0. The van der Waals surface area contributed by atoms with Gasteiger partial charge in [0.2, 0.25) is 0 Å². The minimum Gasteiger partial charge on any atom is -0.258 e. The maximum absolute atomic E-state index is 12.8. The third-order valence-corrected chi connectivity index (χ3v) is 2.27. The second-order valence-electron chi connectivity index (χ2n) is 2.36. The van der Waals surface area contributed by atoms with E-state index in [2.05, 4.69) is 15.9 Å². The predicted octanol–water partition coefficient (Wildman–Crippen LogP) is 3.43. The third kappa shape index (κ3) is 1.87. The van der Waals surface area contributed by atoms with Gasteiger partial charge in [0, 0.05) is 0 Å². The van der Waals surface area contributed by atoms with Crippen LogP contribution >= 0.6 is 15.9 Å². The van der Waals surface area contributed by atoms with Crippen molar-refractivity contribution in [1.82, 2.24) is 0 Å². The smallest absolute Gasteiger partial charge is 0.258 e. The maximum atomic E-state index is 12.8. The van der Waals surface area contributed by atoms with Gasteiger partial charge in [0.15, 0.2) is 0 Å². The molecule has 0 aliphatic rings. The minimum atomic E-state index is -3.01. The number of alkyl halides is 2. The van der Waals surface area contributed by atoms with Gasteiger partial charge in [-0.05, 0) is 28.1 Å². The molecule has 7 heteroatoms. The van der Waals surface area contributed by atoms with E-state index in [4.69, 9.17) is 0 Å². The zero-order chi connectivity index (χ0) is 10.9. The van der Waals surface area contributed by atoms with Crippen LogP contribution in [0.15, 0.2) is 16.6 Å². The molecule has 0 radical (unpaired) electrons. The van der Waals surface area contributed by atoms with Crippen LogP contribution in [0, 0.1) is 15.9 Å². The zero-order valence-electron chi connectivity index (χ0n) is 6.51. The van der Waals surface area contributed by atoms with Crippen LogP contribution in [0.25, 0.3) is 0 Å². The molecule has 14 heavy (non-hydrogen) atoms. The van der Waals surface area contributed by atoms with Crippen molar-refractivity contribution in [2.24, 2.45) is 0 Å². The molecule has 0 saturated heterocycles. The van der Waals surface area contributed by atoms with Gasteiger partial charge in [-0.1, -0.05) is 0 Å². The molecular formula is C7H3BrF3NO2. The quantitative estimate of drug-likeness (QED) is 0.610. The van der Waals surface area contributed by atoms with E-state index in [1.807, 2.05) is 0 Å². The Kier molecular flexibility index (Phi) is 3.10. The van der Waals surface area contributed by atoms with Crippen LogP contribution in [-0.2, 0) is 0 Å². The Morgan fingerprint density at radius 2 is 2.00 bits per heavy atom. The van der Waals surface area contributed by atoms with E-state index in [0.29, 0.717) is 6.07 Å². The number of hydrogen-bond acceptors (Lipinski definition) is 2. The number of rotatable bonds is 2. The fourth-order valence-corrected chi connectivity index (χ4v) is 1.42.